The number of pyridine rings is 1. The molecule has 9 rings (SSSR count). The minimum atomic E-state index is -0.726. The molecule has 2 bridgehead atoms. The first-order valence-electron chi connectivity index (χ1n) is 21.4. The van der Waals surface area contributed by atoms with Gasteiger partial charge in [0.05, 0.1) is 46.1 Å². The molecule has 3 aliphatic heterocycles. The van der Waals surface area contributed by atoms with Gasteiger partial charge in [-0.3, -0.25) is 43.9 Å². The number of aryl methyl sites for hydroxylation is 4. The molecule has 2 saturated heterocycles. The second-order valence-corrected chi connectivity index (χ2v) is 16.7. The summed E-state index contributed by atoms with van der Waals surface area (Å²) in [6, 6.07) is 14.2. The van der Waals surface area contributed by atoms with Crippen molar-refractivity contribution in [2.45, 2.75) is 76.9 Å². The zero-order valence-corrected chi connectivity index (χ0v) is 35.5. The molecule has 7 heterocycles. The molecule has 1 unspecified atom stereocenters. The summed E-state index contributed by atoms with van der Waals surface area (Å²) in [6.07, 6.45) is 7.03. The van der Waals surface area contributed by atoms with Gasteiger partial charge in [0.1, 0.15) is 6.04 Å². The number of benzene rings is 2. The van der Waals surface area contributed by atoms with E-state index in [4.69, 9.17) is 9.72 Å². The van der Waals surface area contributed by atoms with E-state index in [9.17, 15) is 24.0 Å². The normalized spacial score (nSPS) is 18.1. The highest BCUT2D eigenvalue weighted by Gasteiger charge is 2.32. The number of carbonyl (C=O) groups excluding carboxylic acids is 4. The lowest BCUT2D eigenvalue weighted by atomic mass is 10.0. The van der Waals surface area contributed by atoms with Gasteiger partial charge >= 0.3 is 5.69 Å². The molecule has 4 amide bonds. The number of ether oxygens (including phenoxy) is 1. The van der Waals surface area contributed by atoms with E-state index < -0.39 is 11.9 Å². The maximum Gasteiger partial charge on any atom is 0.329 e. The lowest BCUT2D eigenvalue weighted by Gasteiger charge is -2.37. The fourth-order valence-corrected chi connectivity index (χ4v) is 9.31. The van der Waals surface area contributed by atoms with Crippen LogP contribution >= 0.6 is 0 Å². The van der Waals surface area contributed by atoms with Crippen LogP contribution in [0.25, 0.3) is 33.3 Å². The molecule has 6 aromatic rings. The van der Waals surface area contributed by atoms with Crippen molar-refractivity contribution in [1.29, 1.82) is 0 Å². The van der Waals surface area contributed by atoms with Crippen molar-refractivity contribution in [2.75, 3.05) is 38.6 Å². The Balaban J connectivity index is 0.876. The van der Waals surface area contributed by atoms with Crippen LogP contribution < -0.4 is 21.1 Å². The zero-order valence-electron chi connectivity index (χ0n) is 35.5. The molecule has 0 aliphatic carbocycles. The number of nitrogens with zero attached hydrogens (tertiary/aromatic N) is 9. The van der Waals surface area contributed by atoms with Crippen molar-refractivity contribution in [3.8, 4) is 17.1 Å². The summed E-state index contributed by atoms with van der Waals surface area (Å²) in [5.41, 5.74) is 6.70. The molecule has 17 heteroatoms. The van der Waals surface area contributed by atoms with Crippen molar-refractivity contribution in [2.24, 2.45) is 14.1 Å². The number of piperidine rings is 2. The monoisotopic (exact) mass is 841 g/mol. The number of anilines is 1. The number of aromatic nitrogens is 7. The molecule has 17 nitrogen and oxygen atoms in total. The number of carbonyl (C=O) groups is 4. The highest BCUT2D eigenvalue weighted by atomic mass is 16.5. The first-order chi connectivity index (χ1) is 29.9. The topological polar surface area (TPSA) is 184 Å². The van der Waals surface area contributed by atoms with E-state index in [2.05, 4.69) is 25.6 Å². The predicted octanol–water partition coefficient (Wildman–Crippen LogP) is 4.37. The van der Waals surface area contributed by atoms with Gasteiger partial charge in [0.25, 0.3) is 11.8 Å². The predicted molar refractivity (Wildman–Crippen MR) is 232 cm³/mol. The van der Waals surface area contributed by atoms with Crippen LogP contribution in [0.5, 0.6) is 5.88 Å². The van der Waals surface area contributed by atoms with Gasteiger partial charge in [0.15, 0.2) is 0 Å². The number of amides is 4. The molecule has 2 fully saturated rings. The number of likely N-dealkylation sites (tertiary alicyclic amines) is 1. The van der Waals surface area contributed by atoms with Gasteiger partial charge in [-0.2, -0.15) is 5.10 Å². The smallest absolute Gasteiger partial charge is 0.329 e. The molecular formula is C45H51N11O6. The van der Waals surface area contributed by atoms with E-state index >= 15 is 0 Å². The average Bonchev–Trinajstić information content (AvgIpc) is 3.89. The van der Waals surface area contributed by atoms with E-state index in [1.165, 1.54) is 4.57 Å². The Kier molecular flexibility index (Phi) is 11.0. The van der Waals surface area contributed by atoms with E-state index in [-0.39, 0.29) is 35.9 Å². The third-order valence-electron chi connectivity index (χ3n) is 12.7. The average molecular weight is 842 g/mol. The van der Waals surface area contributed by atoms with Crippen LogP contribution in [0.3, 0.4) is 0 Å². The number of para-hydroxylation sites is 1. The van der Waals surface area contributed by atoms with Crippen LogP contribution in [0, 0.1) is 6.92 Å². The molecule has 322 valence electrons. The van der Waals surface area contributed by atoms with E-state index in [0.29, 0.717) is 71.4 Å². The molecule has 1 atom stereocenters. The zero-order chi connectivity index (χ0) is 43.2. The molecule has 62 heavy (non-hydrogen) atoms. The third-order valence-corrected chi connectivity index (χ3v) is 12.7. The number of nitrogens with one attached hydrogen (secondary N) is 2. The summed E-state index contributed by atoms with van der Waals surface area (Å²) in [5.74, 6) is -0.117. The maximum absolute atomic E-state index is 14.1. The van der Waals surface area contributed by atoms with E-state index in [1.54, 1.807) is 34.6 Å². The number of hydrogen-bond acceptors (Lipinski definition) is 10. The highest BCUT2D eigenvalue weighted by Crippen LogP contribution is 2.31. The summed E-state index contributed by atoms with van der Waals surface area (Å²) >= 11 is 0. The number of imidazole rings is 2. The molecule has 2 N–H and O–H groups in total. The number of rotatable bonds is 6. The summed E-state index contributed by atoms with van der Waals surface area (Å²) in [4.78, 5) is 79.6. The van der Waals surface area contributed by atoms with Crippen LogP contribution in [-0.2, 0) is 36.6 Å². The summed E-state index contributed by atoms with van der Waals surface area (Å²) in [5, 5.41) is 9.82. The lowest BCUT2D eigenvalue weighted by molar-refractivity contribution is -0.135. The maximum atomic E-state index is 14.1. The van der Waals surface area contributed by atoms with E-state index in [1.807, 2.05) is 66.9 Å². The first kappa shape index (κ1) is 40.8. The standard InChI is InChI=1S/C45H51N11O6/c1-27-23-30-24-34(47-27)32-26-46-53(4)43(32)62-22-7-5-6-18-55-37-25-29(11-12-33(37)48-44(55)50-40(30)58)42(60)51(2)31-16-20-54(21-17-31)19-15-28-9-8-10-35-39(28)52(3)45(61)56(35)36-13-14-38(57)49-41(36)59/h8-12,23-26,31,36H,5-7,13-22H2,1-4H3,(H,48,50,58)(H,49,57,59). The van der Waals surface area contributed by atoms with Crippen molar-refractivity contribution < 1.29 is 23.9 Å². The van der Waals surface area contributed by atoms with Crippen LogP contribution in [-0.4, -0.2) is 106 Å². The van der Waals surface area contributed by atoms with Gasteiger partial charge in [-0.1, -0.05) is 12.1 Å². The van der Waals surface area contributed by atoms with Gasteiger partial charge in [-0.05, 0) is 93.8 Å². The summed E-state index contributed by atoms with van der Waals surface area (Å²) in [6.45, 7) is 5.35. The summed E-state index contributed by atoms with van der Waals surface area (Å²) in [7, 11) is 5.43. The number of imide groups is 1. The Hall–Kier alpha value is -6.62. The van der Waals surface area contributed by atoms with E-state index in [0.717, 1.165) is 73.9 Å². The SMILES string of the molecule is Cc1cc2cc(n1)-c1cnn(C)c1OCCCCCn1c(nc3ccc(C(=O)N(C)C4CCN(CCc5cccc6c5n(C)c(=O)n6C5CCC(=O)NC5=O)CC4)cc31)NC2=O. The van der Waals surface area contributed by atoms with Crippen LogP contribution in [0.4, 0.5) is 5.95 Å². The van der Waals surface area contributed by atoms with Gasteiger partial charge in [-0.25, -0.2) is 14.5 Å². The Labute approximate surface area is 357 Å². The Morgan fingerprint density at radius 2 is 1.74 bits per heavy atom. The van der Waals surface area contributed by atoms with Crippen molar-refractivity contribution in [3.63, 3.8) is 0 Å². The quantitative estimate of drug-likeness (QED) is 0.229. The first-order valence-corrected chi connectivity index (χ1v) is 21.4. The van der Waals surface area contributed by atoms with Crippen LogP contribution in [0.15, 0.2) is 59.5 Å². The van der Waals surface area contributed by atoms with Crippen molar-refractivity contribution in [3.05, 3.63) is 87.6 Å². The molecular weight excluding hydrogens is 791 g/mol. The van der Waals surface area contributed by atoms with Crippen molar-refractivity contribution >= 4 is 51.6 Å². The van der Waals surface area contributed by atoms with Crippen molar-refractivity contribution in [1.82, 2.24) is 48.6 Å². The number of fused-ring (bicyclic) bond motifs is 8. The lowest BCUT2D eigenvalue weighted by Crippen LogP contribution is -2.46. The second kappa shape index (κ2) is 16.7. The largest absolute Gasteiger partial charge is 0.477 e. The Morgan fingerprint density at radius 3 is 2.55 bits per heavy atom. The third kappa shape index (κ3) is 7.65. The summed E-state index contributed by atoms with van der Waals surface area (Å²) < 4.78 is 13.0. The minimum Gasteiger partial charge on any atom is -0.477 e. The molecule has 0 saturated carbocycles. The minimum absolute atomic E-state index is 0.0569. The van der Waals surface area contributed by atoms with Crippen LogP contribution in [0.2, 0.25) is 0 Å². The molecule has 4 aromatic heterocycles. The Bertz CT molecular complexity index is 2810. The molecule has 0 radical (unpaired) electrons. The Morgan fingerprint density at radius 1 is 0.919 bits per heavy atom. The number of hydrogen-bond donors (Lipinski definition) is 2. The fourth-order valence-electron chi connectivity index (χ4n) is 9.31. The second-order valence-electron chi connectivity index (χ2n) is 16.7. The van der Waals surface area contributed by atoms with Gasteiger partial charge in [0.2, 0.25) is 23.6 Å². The van der Waals surface area contributed by atoms with Crippen LogP contribution in [0.1, 0.15) is 83.0 Å². The fraction of sp³-hybridized carbons (Fsp3) is 0.422. The molecule has 2 aromatic carbocycles. The highest BCUT2D eigenvalue weighted by molar-refractivity contribution is 6.05. The van der Waals surface area contributed by atoms with Gasteiger partial charge in [-0.15, -0.1) is 0 Å². The van der Waals surface area contributed by atoms with Gasteiger partial charge in [0, 0.05) is 76.6 Å². The molecule has 3 aliphatic rings. The molecule has 0 spiro atoms. The van der Waals surface area contributed by atoms with Gasteiger partial charge < -0.3 is 19.1 Å².